The summed E-state index contributed by atoms with van der Waals surface area (Å²) in [5.41, 5.74) is 0.0867. The van der Waals surface area contributed by atoms with Crippen LogP contribution in [-0.4, -0.2) is 49.2 Å². The van der Waals surface area contributed by atoms with Crippen LogP contribution in [0.4, 0.5) is 4.39 Å². The van der Waals surface area contributed by atoms with Crippen molar-refractivity contribution in [2.45, 2.75) is 56.9 Å². The molecule has 0 spiro atoms. The van der Waals surface area contributed by atoms with Gasteiger partial charge in [0, 0.05) is 36.9 Å². The van der Waals surface area contributed by atoms with Gasteiger partial charge in [0.1, 0.15) is 17.9 Å². The van der Waals surface area contributed by atoms with E-state index in [0.29, 0.717) is 40.9 Å². The largest absolute Gasteiger partial charge is 0.328 e. The fraction of sp³-hybridized carbons (Fsp3) is 0.423. The standard InChI is InChI=1S/C26H25FN4O3/c1-15(32)25-19-7-8-28-13-22(19)30(29-25)14-24(34)31-20-9-16(20)10-21(31)23(33)11-18-12-26(18,27)17-5-3-2-4-6-17/h2-8,13,16,18,20-21H,9-12,14H2,1H3/t16-,18+,20-,21+,26+/m1/s1. The van der Waals surface area contributed by atoms with Gasteiger partial charge in [-0.25, -0.2) is 4.39 Å². The molecule has 2 saturated carbocycles. The number of piperidine rings is 1. The number of rotatable bonds is 7. The first-order valence-electron chi connectivity index (χ1n) is 11.8. The van der Waals surface area contributed by atoms with Crippen molar-refractivity contribution in [1.29, 1.82) is 0 Å². The second-order valence-corrected chi connectivity index (χ2v) is 9.87. The number of fused-ring (bicyclic) bond motifs is 2. The third kappa shape index (κ3) is 3.35. The Balaban J connectivity index is 1.19. The van der Waals surface area contributed by atoms with E-state index in [2.05, 4.69) is 10.1 Å². The molecule has 6 rings (SSSR count). The van der Waals surface area contributed by atoms with Crippen molar-refractivity contribution >= 4 is 28.4 Å². The maximum Gasteiger partial charge on any atom is 0.245 e. The van der Waals surface area contributed by atoms with E-state index < -0.39 is 11.7 Å². The molecular weight excluding hydrogens is 435 g/mol. The number of carbonyl (C=O) groups is 3. The minimum atomic E-state index is -1.45. The molecule has 1 amide bonds. The Kier molecular flexibility index (Phi) is 4.69. The number of benzene rings is 1. The predicted molar refractivity (Wildman–Crippen MR) is 122 cm³/mol. The van der Waals surface area contributed by atoms with Crippen LogP contribution in [0, 0.1) is 11.8 Å². The number of halogens is 1. The first kappa shape index (κ1) is 21.1. The highest BCUT2D eigenvalue weighted by molar-refractivity contribution is 6.04. The van der Waals surface area contributed by atoms with Crippen molar-refractivity contribution in [3.63, 3.8) is 0 Å². The van der Waals surface area contributed by atoms with Gasteiger partial charge in [-0.2, -0.15) is 5.10 Å². The van der Waals surface area contributed by atoms with Crippen molar-refractivity contribution in [2.24, 2.45) is 11.8 Å². The highest BCUT2D eigenvalue weighted by Gasteiger charge is 2.60. The Hall–Kier alpha value is -3.42. The number of aromatic nitrogens is 3. The summed E-state index contributed by atoms with van der Waals surface area (Å²) in [6.45, 7) is 1.37. The zero-order valence-electron chi connectivity index (χ0n) is 18.9. The Bertz CT molecular complexity index is 1320. The molecule has 0 unspecified atom stereocenters. The highest BCUT2D eigenvalue weighted by atomic mass is 19.1. The first-order valence-corrected chi connectivity index (χ1v) is 11.8. The lowest BCUT2D eigenvalue weighted by Gasteiger charge is -2.27. The van der Waals surface area contributed by atoms with Crippen LogP contribution >= 0.6 is 0 Å². The smallest absolute Gasteiger partial charge is 0.245 e. The van der Waals surface area contributed by atoms with E-state index in [1.807, 2.05) is 18.2 Å². The van der Waals surface area contributed by atoms with Crippen LogP contribution in [-0.2, 0) is 21.8 Å². The van der Waals surface area contributed by atoms with E-state index >= 15 is 4.39 Å². The third-order valence-corrected chi connectivity index (χ3v) is 7.67. The summed E-state index contributed by atoms with van der Waals surface area (Å²) in [5, 5.41) is 5.02. The molecule has 1 aliphatic heterocycles. The number of carbonyl (C=O) groups excluding carboxylic acids is 3. The Morgan fingerprint density at radius 1 is 1.15 bits per heavy atom. The summed E-state index contributed by atoms with van der Waals surface area (Å²) in [5.74, 6) is -0.438. The summed E-state index contributed by atoms with van der Waals surface area (Å²) >= 11 is 0. The summed E-state index contributed by atoms with van der Waals surface area (Å²) in [6, 6.07) is 10.3. The molecule has 0 bridgehead atoms. The van der Waals surface area contributed by atoms with E-state index in [0.717, 1.165) is 6.42 Å². The van der Waals surface area contributed by atoms with Crippen molar-refractivity contribution in [1.82, 2.24) is 19.7 Å². The van der Waals surface area contributed by atoms with Gasteiger partial charge in [-0.3, -0.25) is 24.0 Å². The molecule has 34 heavy (non-hydrogen) atoms. The van der Waals surface area contributed by atoms with Gasteiger partial charge < -0.3 is 4.90 Å². The fourth-order valence-corrected chi connectivity index (χ4v) is 5.69. The van der Waals surface area contributed by atoms with Crippen LogP contribution in [0.5, 0.6) is 0 Å². The molecular formula is C26H25FN4O3. The van der Waals surface area contributed by atoms with Crippen molar-refractivity contribution < 1.29 is 18.8 Å². The Morgan fingerprint density at radius 3 is 2.71 bits per heavy atom. The second-order valence-electron chi connectivity index (χ2n) is 9.87. The van der Waals surface area contributed by atoms with E-state index in [1.54, 1.807) is 35.5 Å². The number of pyridine rings is 1. The molecule has 1 saturated heterocycles. The van der Waals surface area contributed by atoms with E-state index in [4.69, 9.17) is 0 Å². The first-order chi connectivity index (χ1) is 16.4. The number of hydrogen-bond acceptors (Lipinski definition) is 5. The van der Waals surface area contributed by atoms with E-state index in [-0.39, 0.29) is 42.4 Å². The zero-order valence-corrected chi connectivity index (χ0v) is 18.9. The molecule has 3 aliphatic rings. The van der Waals surface area contributed by atoms with Gasteiger partial charge >= 0.3 is 0 Å². The molecule has 3 fully saturated rings. The van der Waals surface area contributed by atoms with Crippen LogP contribution in [0.2, 0.25) is 0 Å². The SMILES string of the molecule is CC(=O)c1nn(CC(=O)N2[C@@H]3C[C@@H]3C[C@H]2C(=O)C[C@H]2C[C@]2(F)c2ccccc2)c2cnccc12. The number of likely N-dealkylation sites (tertiary alicyclic amines) is 1. The molecule has 3 aromatic rings. The average Bonchev–Trinajstić information content (AvgIpc) is 3.65. The lowest BCUT2D eigenvalue weighted by molar-refractivity contribution is -0.139. The quantitative estimate of drug-likeness (QED) is 0.504. The van der Waals surface area contributed by atoms with E-state index in [1.165, 1.54) is 11.6 Å². The highest BCUT2D eigenvalue weighted by Crippen LogP contribution is 2.58. The second kappa shape index (κ2) is 7.55. The van der Waals surface area contributed by atoms with Gasteiger partial charge in [0.15, 0.2) is 11.6 Å². The molecule has 2 aliphatic carbocycles. The minimum Gasteiger partial charge on any atom is -0.328 e. The van der Waals surface area contributed by atoms with Crippen molar-refractivity contribution in [3.8, 4) is 0 Å². The Morgan fingerprint density at radius 2 is 1.94 bits per heavy atom. The fourth-order valence-electron chi connectivity index (χ4n) is 5.69. The average molecular weight is 461 g/mol. The van der Waals surface area contributed by atoms with Gasteiger partial charge in [-0.1, -0.05) is 30.3 Å². The van der Waals surface area contributed by atoms with Gasteiger partial charge in [0.25, 0.3) is 0 Å². The third-order valence-electron chi connectivity index (χ3n) is 7.67. The van der Waals surface area contributed by atoms with Gasteiger partial charge in [-0.15, -0.1) is 0 Å². The topological polar surface area (TPSA) is 85.2 Å². The molecule has 0 radical (unpaired) electrons. The molecule has 1 aromatic carbocycles. The lowest BCUT2D eigenvalue weighted by Crippen LogP contribution is -2.45. The summed E-state index contributed by atoms with van der Waals surface area (Å²) in [6.07, 6.45) is 5.21. The maximum atomic E-state index is 15.3. The molecule has 0 N–H and O–H groups in total. The van der Waals surface area contributed by atoms with Crippen LogP contribution in [0.15, 0.2) is 48.8 Å². The monoisotopic (exact) mass is 460 g/mol. The van der Waals surface area contributed by atoms with Crippen LogP contribution in [0.3, 0.4) is 0 Å². The normalized spacial score (nSPS) is 29.2. The molecule has 2 aromatic heterocycles. The van der Waals surface area contributed by atoms with Crippen LogP contribution in [0.25, 0.3) is 10.9 Å². The Labute approximate surface area is 195 Å². The van der Waals surface area contributed by atoms with Gasteiger partial charge in [0.05, 0.1) is 17.8 Å². The number of nitrogens with zero attached hydrogens (tertiary/aromatic N) is 4. The van der Waals surface area contributed by atoms with Crippen LogP contribution in [0.1, 0.15) is 48.7 Å². The van der Waals surface area contributed by atoms with Crippen molar-refractivity contribution in [3.05, 3.63) is 60.0 Å². The van der Waals surface area contributed by atoms with Crippen LogP contribution < -0.4 is 0 Å². The van der Waals surface area contributed by atoms with Crippen molar-refractivity contribution in [2.75, 3.05) is 0 Å². The molecule has 3 heterocycles. The molecule has 5 atom stereocenters. The van der Waals surface area contributed by atoms with Gasteiger partial charge in [0.2, 0.25) is 5.91 Å². The summed E-state index contributed by atoms with van der Waals surface area (Å²) < 4.78 is 16.8. The number of alkyl halides is 1. The number of amides is 1. The predicted octanol–water partition coefficient (Wildman–Crippen LogP) is 3.47. The summed E-state index contributed by atoms with van der Waals surface area (Å²) in [7, 11) is 0. The van der Waals surface area contributed by atoms with Gasteiger partial charge in [-0.05, 0) is 36.8 Å². The molecule has 174 valence electrons. The minimum absolute atomic E-state index is 0.0579. The molecule has 7 nitrogen and oxygen atoms in total. The zero-order chi connectivity index (χ0) is 23.6. The lowest BCUT2D eigenvalue weighted by atomic mass is 9.99. The molecule has 8 heteroatoms. The summed E-state index contributed by atoms with van der Waals surface area (Å²) in [4.78, 5) is 44.4. The maximum absolute atomic E-state index is 15.3. The van der Waals surface area contributed by atoms with E-state index in [9.17, 15) is 14.4 Å². The number of ketones is 2. The number of Topliss-reactive ketones (excluding diaryl/α,β-unsaturated/α-hetero) is 2. The number of hydrogen-bond donors (Lipinski definition) is 0.